The number of carbonyl (C=O) groups is 2. The lowest BCUT2D eigenvalue weighted by molar-refractivity contribution is -0.139. The number of hydrogen-bond donors (Lipinski definition) is 2. The number of carbonyl (C=O) groups excluding carboxylic acids is 2. The minimum atomic E-state index is -0.650. The highest BCUT2D eigenvalue weighted by molar-refractivity contribution is 6.35. The third-order valence-corrected chi connectivity index (χ3v) is 3.53. The Morgan fingerprint density at radius 3 is 2.14 bits per heavy atom. The fourth-order valence-electron chi connectivity index (χ4n) is 1.93. The van der Waals surface area contributed by atoms with Crippen LogP contribution in [0.4, 0.5) is 0 Å². The predicted molar refractivity (Wildman–Crippen MR) is 86.3 cm³/mol. The van der Waals surface area contributed by atoms with Gasteiger partial charge in [-0.15, -0.1) is 0 Å². The van der Waals surface area contributed by atoms with Gasteiger partial charge in [0, 0.05) is 18.1 Å². The third-order valence-electron chi connectivity index (χ3n) is 3.27. The maximum Gasteiger partial charge on any atom is 0.309 e. The maximum absolute atomic E-state index is 11.8. The summed E-state index contributed by atoms with van der Waals surface area (Å²) in [6.45, 7) is 2.58. The molecule has 0 aliphatic carbocycles. The van der Waals surface area contributed by atoms with Crippen LogP contribution in [-0.4, -0.2) is 11.8 Å². The summed E-state index contributed by atoms with van der Waals surface area (Å²) in [5, 5.41) is 5.82. The van der Waals surface area contributed by atoms with Crippen LogP contribution in [0.15, 0.2) is 48.5 Å². The topological polar surface area (TPSA) is 58.2 Å². The van der Waals surface area contributed by atoms with Gasteiger partial charge in [0.05, 0.1) is 0 Å². The van der Waals surface area contributed by atoms with Gasteiger partial charge in [0.15, 0.2) is 0 Å². The Morgan fingerprint density at radius 1 is 0.909 bits per heavy atom. The van der Waals surface area contributed by atoms with Gasteiger partial charge in [-0.25, -0.2) is 0 Å². The van der Waals surface area contributed by atoms with Crippen molar-refractivity contribution in [1.29, 1.82) is 0 Å². The molecule has 2 N–H and O–H groups in total. The summed E-state index contributed by atoms with van der Waals surface area (Å²) in [6, 6.07) is 14.8. The Kier molecular flexibility index (Phi) is 5.55. The Hall–Kier alpha value is -2.33. The highest BCUT2D eigenvalue weighted by Gasteiger charge is 2.12. The SMILES string of the molecule is Cc1ccccc1CNC(=O)C(=O)NCc1ccc(Cl)cc1. The predicted octanol–water partition coefficient (Wildman–Crippen LogP) is 2.58. The molecule has 114 valence electrons. The van der Waals surface area contributed by atoms with Gasteiger partial charge in [-0.1, -0.05) is 48.0 Å². The average Bonchev–Trinajstić information content (AvgIpc) is 2.53. The van der Waals surface area contributed by atoms with Crippen molar-refractivity contribution in [2.24, 2.45) is 0 Å². The second kappa shape index (κ2) is 7.61. The largest absolute Gasteiger partial charge is 0.344 e. The van der Waals surface area contributed by atoms with E-state index in [1.54, 1.807) is 24.3 Å². The molecule has 0 aromatic heterocycles. The van der Waals surface area contributed by atoms with Gasteiger partial charge in [0.2, 0.25) is 0 Å². The molecule has 0 heterocycles. The molecule has 2 amide bonds. The normalized spacial score (nSPS) is 10.1. The number of benzene rings is 2. The minimum Gasteiger partial charge on any atom is -0.344 e. The molecular weight excluding hydrogens is 300 g/mol. The first-order valence-electron chi connectivity index (χ1n) is 6.91. The first-order chi connectivity index (χ1) is 10.6. The molecule has 0 unspecified atom stereocenters. The Morgan fingerprint density at radius 2 is 1.50 bits per heavy atom. The van der Waals surface area contributed by atoms with E-state index in [-0.39, 0.29) is 6.54 Å². The van der Waals surface area contributed by atoms with Gasteiger partial charge in [0.25, 0.3) is 0 Å². The van der Waals surface area contributed by atoms with E-state index in [1.165, 1.54) is 0 Å². The Labute approximate surface area is 134 Å². The van der Waals surface area contributed by atoms with Crippen molar-refractivity contribution < 1.29 is 9.59 Å². The molecule has 0 atom stereocenters. The third kappa shape index (κ3) is 4.60. The van der Waals surface area contributed by atoms with Crippen LogP contribution in [-0.2, 0) is 22.7 Å². The number of halogens is 1. The van der Waals surface area contributed by atoms with E-state index in [9.17, 15) is 9.59 Å². The minimum absolute atomic E-state index is 0.286. The summed E-state index contributed by atoms with van der Waals surface area (Å²) < 4.78 is 0. The van der Waals surface area contributed by atoms with Crippen molar-refractivity contribution in [1.82, 2.24) is 10.6 Å². The van der Waals surface area contributed by atoms with Gasteiger partial charge in [-0.05, 0) is 35.7 Å². The maximum atomic E-state index is 11.8. The van der Waals surface area contributed by atoms with Gasteiger partial charge in [-0.2, -0.15) is 0 Å². The quantitative estimate of drug-likeness (QED) is 0.852. The van der Waals surface area contributed by atoms with E-state index in [4.69, 9.17) is 11.6 Å². The molecule has 0 spiro atoms. The molecule has 0 fully saturated rings. The molecule has 2 aromatic rings. The van der Waals surface area contributed by atoms with Crippen LogP contribution in [0, 0.1) is 6.92 Å². The standard InChI is InChI=1S/C17H17ClN2O2/c1-12-4-2-3-5-14(12)11-20-17(22)16(21)19-10-13-6-8-15(18)9-7-13/h2-9H,10-11H2,1H3,(H,19,21)(H,20,22). The molecule has 2 aromatic carbocycles. The molecule has 22 heavy (non-hydrogen) atoms. The molecule has 2 rings (SSSR count). The van der Waals surface area contributed by atoms with E-state index in [1.807, 2.05) is 31.2 Å². The second-order valence-corrected chi connectivity index (χ2v) is 5.35. The molecule has 0 aliphatic rings. The molecule has 0 radical (unpaired) electrons. The van der Waals surface area contributed by atoms with Crippen LogP contribution in [0.2, 0.25) is 5.02 Å². The first kappa shape index (κ1) is 16.0. The molecular formula is C17H17ClN2O2. The Balaban J connectivity index is 1.81. The van der Waals surface area contributed by atoms with E-state index < -0.39 is 11.8 Å². The zero-order chi connectivity index (χ0) is 15.9. The average molecular weight is 317 g/mol. The zero-order valence-electron chi connectivity index (χ0n) is 12.2. The van der Waals surface area contributed by atoms with E-state index >= 15 is 0 Å². The van der Waals surface area contributed by atoms with Crippen molar-refractivity contribution in [3.8, 4) is 0 Å². The molecule has 0 aliphatic heterocycles. The summed E-state index contributed by atoms with van der Waals surface area (Å²) in [5.74, 6) is -1.29. The summed E-state index contributed by atoms with van der Waals surface area (Å²) >= 11 is 5.79. The monoisotopic (exact) mass is 316 g/mol. The summed E-state index contributed by atoms with van der Waals surface area (Å²) in [7, 11) is 0. The lowest BCUT2D eigenvalue weighted by Crippen LogP contribution is -2.39. The summed E-state index contributed by atoms with van der Waals surface area (Å²) in [6.07, 6.45) is 0. The van der Waals surface area contributed by atoms with Crippen molar-refractivity contribution in [3.63, 3.8) is 0 Å². The van der Waals surface area contributed by atoms with Crippen LogP contribution in [0.25, 0.3) is 0 Å². The lowest BCUT2D eigenvalue weighted by atomic mass is 10.1. The van der Waals surface area contributed by atoms with Gasteiger partial charge >= 0.3 is 11.8 Å². The van der Waals surface area contributed by atoms with Crippen LogP contribution >= 0.6 is 11.6 Å². The number of aryl methyl sites for hydroxylation is 1. The van der Waals surface area contributed by atoms with E-state index in [0.717, 1.165) is 16.7 Å². The fraction of sp³-hybridized carbons (Fsp3) is 0.176. The van der Waals surface area contributed by atoms with Crippen LogP contribution in [0.3, 0.4) is 0 Å². The van der Waals surface area contributed by atoms with Crippen molar-refractivity contribution in [2.75, 3.05) is 0 Å². The number of amides is 2. The number of hydrogen-bond acceptors (Lipinski definition) is 2. The fourth-order valence-corrected chi connectivity index (χ4v) is 2.06. The van der Waals surface area contributed by atoms with E-state index in [2.05, 4.69) is 10.6 Å². The smallest absolute Gasteiger partial charge is 0.309 e. The van der Waals surface area contributed by atoms with E-state index in [0.29, 0.717) is 11.6 Å². The van der Waals surface area contributed by atoms with Crippen LogP contribution in [0.5, 0.6) is 0 Å². The molecule has 0 saturated heterocycles. The van der Waals surface area contributed by atoms with Crippen LogP contribution in [0.1, 0.15) is 16.7 Å². The summed E-state index contributed by atoms with van der Waals surface area (Å²) in [4.78, 5) is 23.5. The highest BCUT2D eigenvalue weighted by atomic mass is 35.5. The van der Waals surface area contributed by atoms with Crippen molar-refractivity contribution in [2.45, 2.75) is 20.0 Å². The van der Waals surface area contributed by atoms with Crippen LogP contribution < -0.4 is 10.6 Å². The van der Waals surface area contributed by atoms with Crippen molar-refractivity contribution in [3.05, 3.63) is 70.2 Å². The van der Waals surface area contributed by atoms with Gasteiger partial charge < -0.3 is 10.6 Å². The number of rotatable bonds is 4. The molecule has 0 saturated carbocycles. The molecule has 4 nitrogen and oxygen atoms in total. The summed E-state index contributed by atoms with van der Waals surface area (Å²) in [5.41, 5.74) is 2.94. The Bertz CT molecular complexity index is 669. The second-order valence-electron chi connectivity index (χ2n) is 4.92. The number of nitrogens with one attached hydrogen (secondary N) is 2. The first-order valence-corrected chi connectivity index (χ1v) is 7.29. The van der Waals surface area contributed by atoms with Gasteiger partial charge in [-0.3, -0.25) is 9.59 Å². The van der Waals surface area contributed by atoms with Crippen molar-refractivity contribution >= 4 is 23.4 Å². The molecule has 0 bridgehead atoms. The zero-order valence-corrected chi connectivity index (χ0v) is 13.0. The lowest BCUT2D eigenvalue weighted by Gasteiger charge is -2.08. The van der Waals surface area contributed by atoms with Gasteiger partial charge in [0.1, 0.15) is 0 Å². The molecule has 5 heteroatoms. The highest BCUT2D eigenvalue weighted by Crippen LogP contribution is 2.09.